The highest BCUT2D eigenvalue weighted by Gasteiger charge is 2.15. The first kappa shape index (κ1) is 13.8. The summed E-state index contributed by atoms with van der Waals surface area (Å²) in [7, 11) is 0. The molecule has 2 rings (SSSR count). The van der Waals surface area contributed by atoms with Crippen LogP contribution in [-0.2, 0) is 6.42 Å². The van der Waals surface area contributed by atoms with Crippen LogP contribution in [-0.4, -0.2) is 0 Å². The highest BCUT2D eigenvalue weighted by Crippen LogP contribution is 2.29. The molecular weight excluding hydrogens is 287 g/mol. The number of nitrogens with two attached hydrogens (primary N) is 1. The van der Waals surface area contributed by atoms with E-state index in [9.17, 15) is 0 Å². The minimum Gasteiger partial charge on any atom is -0.271 e. The first-order chi connectivity index (χ1) is 8.60. The molecule has 0 fully saturated rings. The third-order valence-electron chi connectivity index (χ3n) is 2.77. The zero-order valence-electron chi connectivity index (χ0n) is 9.91. The molecule has 0 saturated carbocycles. The topological polar surface area (TPSA) is 38.0 Å². The minimum atomic E-state index is -0.00665. The Morgan fingerprint density at radius 1 is 1.28 bits per heavy atom. The molecule has 0 aliphatic rings. The van der Waals surface area contributed by atoms with Crippen molar-refractivity contribution in [1.82, 2.24) is 5.43 Å². The lowest BCUT2D eigenvalue weighted by Crippen LogP contribution is -2.29. The summed E-state index contributed by atoms with van der Waals surface area (Å²) in [6.07, 6.45) is 0.774. The largest absolute Gasteiger partial charge is 0.271 e. The third kappa shape index (κ3) is 3.25. The van der Waals surface area contributed by atoms with Crippen LogP contribution in [0.5, 0.6) is 0 Å². The fourth-order valence-corrected chi connectivity index (χ4v) is 3.34. The summed E-state index contributed by atoms with van der Waals surface area (Å²) in [6.45, 7) is 2.01. The summed E-state index contributed by atoms with van der Waals surface area (Å²) in [4.78, 5) is 1.18. The molecule has 1 atom stereocenters. The molecule has 0 saturated heterocycles. The number of hydrogen-bond donors (Lipinski definition) is 2. The van der Waals surface area contributed by atoms with Crippen molar-refractivity contribution >= 4 is 34.5 Å². The average molecular weight is 301 g/mol. The summed E-state index contributed by atoms with van der Waals surface area (Å²) in [5.74, 6) is 5.63. The quantitative estimate of drug-likeness (QED) is 0.659. The Morgan fingerprint density at radius 2 is 2.06 bits per heavy atom. The van der Waals surface area contributed by atoms with E-state index in [1.807, 2.05) is 37.3 Å². The van der Waals surface area contributed by atoms with E-state index in [1.165, 1.54) is 4.88 Å². The van der Waals surface area contributed by atoms with Crippen molar-refractivity contribution in [2.45, 2.75) is 19.4 Å². The van der Waals surface area contributed by atoms with Crippen LogP contribution in [0.3, 0.4) is 0 Å². The zero-order valence-corrected chi connectivity index (χ0v) is 12.2. The molecule has 0 radical (unpaired) electrons. The third-order valence-corrected chi connectivity index (χ3v) is 4.35. The molecule has 1 unspecified atom stereocenters. The van der Waals surface area contributed by atoms with Gasteiger partial charge >= 0.3 is 0 Å². The molecule has 1 heterocycles. The number of halogens is 2. The van der Waals surface area contributed by atoms with Crippen LogP contribution >= 0.6 is 34.5 Å². The Labute approximate surface area is 121 Å². The lowest BCUT2D eigenvalue weighted by atomic mass is 10.0. The highest BCUT2D eigenvalue weighted by atomic mass is 35.5. The van der Waals surface area contributed by atoms with E-state index in [2.05, 4.69) is 5.43 Å². The summed E-state index contributed by atoms with van der Waals surface area (Å²) < 4.78 is 0.788. The van der Waals surface area contributed by atoms with Crippen LogP contribution < -0.4 is 11.3 Å². The molecule has 0 amide bonds. The summed E-state index contributed by atoms with van der Waals surface area (Å²) in [6, 6.07) is 9.89. The molecule has 96 valence electrons. The van der Waals surface area contributed by atoms with Gasteiger partial charge in [-0.15, -0.1) is 11.3 Å². The minimum absolute atomic E-state index is 0.00665. The zero-order chi connectivity index (χ0) is 13.1. The maximum Gasteiger partial charge on any atom is 0.0931 e. The van der Waals surface area contributed by atoms with Crippen LogP contribution in [0.1, 0.15) is 22.0 Å². The predicted octanol–water partition coefficient (Wildman–Crippen LogP) is 4.11. The van der Waals surface area contributed by atoms with Crippen molar-refractivity contribution in [2.75, 3.05) is 0 Å². The van der Waals surface area contributed by atoms with E-state index in [4.69, 9.17) is 29.0 Å². The number of benzene rings is 1. The lowest BCUT2D eigenvalue weighted by Gasteiger charge is -2.17. The molecule has 0 aliphatic carbocycles. The van der Waals surface area contributed by atoms with E-state index >= 15 is 0 Å². The van der Waals surface area contributed by atoms with E-state index in [-0.39, 0.29) is 6.04 Å². The van der Waals surface area contributed by atoms with Crippen molar-refractivity contribution in [3.05, 3.63) is 55.7 Å². The van der Waals surface area contributed by atoms with Gasteiger partial charge in [-0.1, -0.05) is 35.3 Å². The maximum absolute atomic E-state index is 6.26. The molecule has 3 N–H and O–H groups in total. The van der Waals surface area contributed by atoms with E-state index < -0.39 is 0 Å². The van der Waals surface area contributed by atoms with Crippen LogP contribution in [0.15, 0.2) is 30.3 Å². The molecule has 18 heavy (non-hydrogen) atoms. The Hall–Kier alpha value is -0.580. The molecule has 0 spiro atoms. The van der Waals surface area contributed by atoms with E-state index in [0.29, 0.717) is 0 Å². The normalized spacial score (nSPS) is 12.7. The molecule has 1 aromatic carbocycles. The van der Waals surface area contributed by atoms with Gasteiger partial charge < -0.3 is 0 Å². The monoisotopic (exact) mass is 300 g/mol. The number of hydrazine groups is 1. The van der Waals surface area contributed by atoms with Gasteiger partial charge in [-0.05, 0) is 36.2 Å². The summed E-state index contributed by atoms with van der Waals surface area (Å²) >= 11 is 13.7. The SMILES string of the molecule is Cc1ccc(C(Cc2ccc(Cl)s2)NN)c(Cl)c1. The second-order valence-electron chi connectivity index (χ2n) is 4.15. The van der Waals surface area contributed by atoms with E-state index in [1.54, 1.807) is 11.3 Å². The first-order valence-electron chi connectivity index (χ1n) is 5.56. The molecular formula is C13H14Cl2N2S. The van der Waals surface area contributed by atoms with Crippen molar-refractivity contribution in [2.24, 2.45) is 5.84 Å². The molecule has 0 aliphatic heterocycles. The van der Waals surface area contributed by atoms with Gasteiger partial charge in [0.1, 0.15) is 0 Å². The number of nitrogens with one attached hydrogen (secondary N) is 1. The van der Waals surface area contributed by atoms with Crippen LogP contribution in [0.25, 0.3) is 0 Å². The Morgan fingerprint density at radius 3 is 2.61 bits per heavy atom. The Balaban J connectivity index is 2.22. The van der Waals surface area contributed by atoms with Gasteiger partial charge in [-0.25, -0.2) is 0 Å². The Kier molecular flexibility index (Phi) is 4.65. The summed E-state index contributed by atoms with van der Waals surface area (Å²) in [5.41, 5.74) is 4.96. The number of aryl methyl sites for hydroxylation is 1. The van der Waals surface area contributed by atoms with Gasteiger partial charge in [0, 0.05) is 16.3 Å². The Bertz CT molecular complexity index is 540. The van der Waals surface area contributed by atoms with Crippen molar-refractivity contribution in [1.29, 1.82) is 0 Å². The van der Waals surface area contributed by atoms with Crippen molar-refractivity contribution < 1.29 is 0 Å². The predicted molar refractivity (Wildman–Crippen MR) is 79.3 cm³/mol. The number of hydrogen-bond acceptors (Lipinski definition) is 3. The first-order valence-corrected chi connectivity index (χ1v) is 7.14. The van der Waals surface area contributed by atoms with E-state index in [0.717, 1.165) is 26.9 Å². The smallest absolute Gasteiger partial charge is 0.0931 e. The van der Waals surface area contributed by atoms with Gasteiger partial charge in [0.15, 0.2) is 0 Å². The van der Waals surface area contributed by atoms with Gasteiger partial charge in [-0.2, -0.15) is 0 Å². The number of thiophene rings is 1. The molecule has 0 bridgehead atoms. The van der Waals surface area contributed by atoms with Gasteiger partial charge in [0.2, 0.25) is 0 Å². The van der Waals surface area contributed by atoms with Crippen molar-refractivity contribution in [3.63, 3.8) is 0 Å². The van der Waals surface area contributed by atoms with Crippen LogP contribution in [0.2, 0.25) is 9.36 Å². The standard InChI is InChI=1S/C13H14Cl2N2S/c1-8-2-4-10(11(14)6-8)12(17-16)7-9-3-5-13(15)18-9/h2-6,12,17H,7,16H2,1H3. The fraction of sp³-hybridized carbons (Fsp3) is 0.231. The van der Waals surface area contributed by atoms with Gasteiger partial charge in [0.05, 0.1) is 10.4 Å². The van der Waals surface area contributed by atoms with Gasteiger partial charge in [-0.3, -0.25) is 11.3 Å². The van der Waals surface area contributed by atoms with Crippen LogP contribution in [0.4, 0.5) is 0 Å². The molecule has 5 heteroatoms. The fourth-order valence-electron chi connectivity index (χ4n) is 1.84. The molecule has 1 aromatic heterocycles. The number of rotatable bonds is 4. The molecule has 2 aromatic rings. The maximum atomic E-state index is 6.26. The van der Waals surface area contributed by atoms with Crippen LogP contribution in [0, 0.1) is 6.92 Å². The highest BCUT2D eigenvalue weighted by molar-refractivity contribution is 7.16. The second kappa shape index (κ2) is 6.04. The molecule has 2 nitrogen and oxygen atoms in total. The average Bonchev–Trinajstić information content (AvgIpc) is 2.72. The van der Waals surface area contributed by atoms with Crippen molar-refractivity contribution in [3.8, 4) is 0 Å². The van der Waals surface area contributed by atoms with Gasteiger partial charge in [0.25, 0.3) is 0 Å². The lowest BCUT2D eigenvalue weighted by molar-refractivity contribution is 0.556. The summed E-state index contributed by atoms with van der Waals surface area (Å²) in [5, 5.41) is 0.737. The second-order valence-corrected chi connectivity index (χ2v) is 6.36.